The maximum Gasteiger partial charge on any atom is 0.430 e. The number of hydrogen-bond donors (Lipinski definition) is 2. The van der Waals surface area contributed by atoms with E-state index in [0.717, 1.165) is 44.5 Å². The summed E-state index contributed by atoms with van der Waals surface area (Å²) in [5, 5.41) is 13.0. The average molecular weight is 540 g/mol. The zero-order valence-corrected chi connectivity index (χ0v) is 21.3. The monoisotopic (exact) mass is 539 g/mol. The lowest BCUT2D eigenvalue weighted by atomic mass is 9.90. The predicted octanol–water partition coefficient (Wildman–Crippen LogP) is 4.37. The van der Waals surface area contributed by atoms with Gasteiger partial charge in [-0.1, -0.05) is 23.7 Å². The Morgan fingerprint density at radius 3 is 2.51 bits per heavy atom. The quantitative estimate of drug-likeness (QED) is 0.382. The molecular formula is C26H29ClF3N3O4. The Kier molecular flexibility index (Phi) is 7.71. The summed E-state index contributed by atoms with van der Waals surface area (Å²) < 4.78 is 46.5. The number of amides is 1. The van der Waals surface area contributed by atoms with Crippen molar-refractivity contribution in [2.45, 2.75) is 38.0 Å². The molecule has 1 saturated carbocycles. The molecule has 0 spiro atoms. The molecular weight excluding hydrogens is 511 g/mol. The number of halogens is 4. The lowest BCUT2D eigenvalue weighted by molar-refractivity contribution is -0.257. The fourth-order valence-corrected chi connectivity index (χ4v) is 5.41. The molecule has 2 heterocycles. The van der Waals surface area contributed by atoms with Gasteiger partial charge in [0.2, 0.25) is 0 Å². The highest BCUT2D eigenvalue weighted by atomic mass is 35.5. The van der Waals surface area contributed by atoms with Crippen LogP contribution in [0.5, 0.6) is 5.75 Å². The van der Waals surface area contributed by atoms with Crippen LogP contribution in [-0.4, -0.2) is 54.7 Å². The van der Waals surface area contributed by atoms with Gasteiger partial charge in [-0.15, -0.1) is 0 Å². The van der Waals surface area contributed by atoms with Crippen LogP contribution in [0.25, 0.3) is 0 Å². The summed E-state index contributed by atoms with van der Waals surface area (Å²) >= 11 is 6.14. The lowest BCUT2D eigenvalue weighted by Crippen LogP contribution is -2.54. The second kappa shape index (κ2) is 10.5. The number of Topliss-reactive ketones (excluding diaryl/α,β-unsaturated/α-hetero) is 1. The molecule has 2 N–H and O–H groups in total. The first-order valence-corrected chi connectivity index (χ1v) is 12.5. The van der Waals surface area contributed by atoms with Crippen LogP contribution in [0.4, 0.5) is 19.0 Å². The summed E-state index contributed by atoms with van der Waals surface area (Å²) in [6, 6.07) is 8.25. The van der Waals surface area contributed by atoms with Gasteiger partial charge in [-0.25, -0.2) is 4.98 Å². The van der Waals surface area contributed by atoms with E-state index in [2.05, 4.69) is 15.2 Å². The largest absolute Gasteiger partial charge is 0.497 e. The molecule has 1 aliphatic heterocycles. The van der Waals surface area contributed by atoms with Crippen LogP contribution in [0.3, 0.4) is 0 Å². The number of anilines is 1. The van der Waals surface area contributed by atoms with Crippen LogP contribution in [-0.2, 0) is 10.4 Å². The Hall–Kier alpha value is -2.85. The molecule has 1 aliphatic carbocycles. The van der Waals surface area contributed by atoms with Crippen LogP contribution in [0.1, 0.15) is 42.1 Å². The van der Waals surface area contributed by atoms with E-state index in [-0.39, 0.29) is 29.1 Å². The molecule has 200 valence electrons. The number of methoxy groups -OCH3 is 1. The van der Waals surface area contributed by atoms with E-state index in [4.69, 9.17) is 16.3 Å². The van der Waals surface area contributed by atoms with Crippen LogP contribution >= 0.6 is 11.6 Å². The van der Waals surface area contributed by atoms with Crippen molar-refractivity contribution in [2.24, 2.45) is 17.8 Å². The molecule has 2 fully saturated rings. The Bertz CT molecular complexity index is 1170. The summed E-state index contributed by atoms with van der Waals surface area (Å²) in [6.07, 6.45) is -2.65. The number of piperidine rings is 1. The first kappa shape index (κ1) is 27.2. The van der Waals surface area contributed by atoms with Crippen molar-refractivity contribution in [1.29, 1.82) is 0 Å². The molecule has 1 amide bonds. The van der Waals surface area contributed by atoms with E-state index < -0.39 is 23.2 Å². The van der Waals surface area contributed by atoms with Gasteiger partial charge in [0.25, 0.3) is 11.5 Å². The van der Waals surface area contributed by atoms with Crippen molar-refractivity contribution in [3.63, 3.8) is 0 Å². The highest BCUT2D eigenvalue weighted by Gasteiger charge is 2.61. The summed E-state index contributed by atoms with van der Waals surface area (Å²) in [7, 11) is 1.29. The van der Waals surface area contributed by atoms with E-state index in [1.165, 1.54) is 26.2 Å². The van der Waals surface area contributed by atoms with E-state index in [1.807, 2.05) is 0 Å². The molecule has 2 aliphatic rings. The van der Waals surface area contributed by atoms with E-state index >= 15 is 0 Å². The minimum atomic E-state index is -5.21. The highest BCUT2D eigenvalue weighted by molar-refractivity contribution is 6.32. The smallest absolute Gasteiger partial charge is 0.430 e. The van der Waals surface area contributed by atoms with Gasteiger partial charge < -0.3 is 20.1 Å². The first-order valence-electron chi connectivity index (χ1n) is 12.1. The van der Waals surface area contributed by atoms with Crippen molar-refractivity contribution >= 4 is 29.1 Å². The van der Waals surface area contributed by atoms with Crippen LogP contribution in [0.15, 0.2) is 36.4 Å². The zero-order valence-electron chi connectivity index (χ0n) is 20.5. The molecule has 0 radical (unpaired) electrons. The van der Waals surface area contributed by atoms with Gasteiger partial charge in [0, 0.05) is 25.2 Å². The summed E-state index contributed by atoms with van der Waals surface area (Å²) in [6.45, 7) is 2.99. The van der Waals surface area contributed by atoms with Crippen molar-refractivity contribution in [3.8, 4) is 5.75 Å². The van der Waals surface area contributed by atoms with Crippen molar-refractivity contribution < 1.29 is 32.6 Å². The molecule has 1 saturated heterocycles. The molecule has 2 aromatic rings. The van der Waals surface area contributed by atoms with E-state index in [1.54, 1.807) is 12.1 Å². The van der Waals surface area contributed by atoms with Crippen LogP contribution in [0, 0.1) is 17.8 Å². The normalized spacial score (nSPS) is 21.8. The fraction of sp³-hybridized carbons (Fsp3) is 0.500. The maximum absolute atomic E-state index is 13.9. The predicted molar refractivity (Wildman–Crippen MR) is 132 cm³/mol. The Morgan fingerprint density at radius 1 is 1.22 bits per heavy atom. The highest BCUT2D eigenvalue weighted by Crippen LogP contribution is 2.48. The maximum atomic E-state index is 13.9. The molecule has 4 rings (SSSR count). The van der Waals surface area contributed by atoms with Gasteiger partial charge in [0.1, 0.15) is 16.7 Å². The molecule has 1 aromatic carbocycles. The minimum Gasteiger partial charge on any atom is -0.497 e. The number of benzene rings is 1. The third kappa shape index (κ3) is 5.55. The molecule has 7 nitrogen and oxygen atoms in total. The Balaban J connectivity index is 1.32. The van der Waals surface area contributed by atoms with E-state index in [0.29, 0.717) is 23.2 Å². The second-order valence-electron chi connectivity index (χ2n) is 9.70. The number of nitrogens with one attached hydrogen (secondary N) is 1. The Morgan fingerprint density at radius 2 is 1.92 bits per heavy atom. The van der Waals surface area contributed by atoms with Crippen molar-refractivity contribution in [3.05, 3.63) is 52.7 Å². The number of aliphatic hydroxyl groups is 1. The Labute approximate surface area is 218 Å². The SMILES string of the molecule is COc1cccc([C@@](O)(C(=O)NC[C@@H]2C[C@@H]2C2CCN(c3ccc(C(C)=O)c(Cl)n3)CC2)C(F)(F)F)c1. The number of pyridine rings is 1. The summed E-state index contributed by atoms with van der Waals surface area (Å²) in [4.78, 5) is 30.7. The number of aromatic nitrogens is 1. The number of carbonyl (C=O) groups is 2. The molecule has 0 unspecified atom stereocenters. The standard InChI is InChI=1S/C26H29ClF3N3O4/c1-15(34)20-6-7-22(32-23(20)27)33-10-8-16(9-11-33)21-12-17(21)14-31-24(35)25(36,26(28,29)30)18-4-3-5-19(13-18)37-2/h3-7,13,16-17,21,36H,8-12,14H2,1-2H3,(H,31,35)/t17-,21+,25+/m0/s1. The van der Waals surface area contributed by atoms with Crippen LogP contribution < -0.4 is 15.0 Å². The fourth-order valence-electron chi connectivity index (χ4n) is 5.13. The number of ketones is 1. The number of nitrogens with zero attached hydrogens (tertiary/aromatic N) is 2. The average Bonchev–Trinajstić information content (AvgIpc) is 3.65. The summed E-state index contributed by atoms with van der Waals surface area (Å²) in [5.74, 6) is -0.0889. The molecule has 0 bridgehead atoms. The minimum absolute atomic E-state index is 0.0608. The molecule has 11 heteroatoms. The van der Waals surface area contributed by atoms with Gasteiger partial charge >= 0.3 is 6.18 Å². The van der Waals surface area contributed by atoms with Crippen molar-refractivity contribution in [1.82, 2.24) is 10.3 Å². The number of hydrogen-bond acceptors (Lipinski definition) is 6. The van der Waals surface area contributed by atoms with Gasteiger partial charge in [-0.05, 0) is 68.2 Å². The van der Waals surface area contributed by atoms with Crippen molar-refractivity contribution in [2.75, 3.05) is 31.6 Å². The molecule has 3 atom stereocenters. The molecule has 1 aromatic heterocycles. The van der Waals surface area contributed by atoms with Gasteiger partial charge in [-0.2, -0.15) is 13.2 Å². The molecule has 37 heavy (non-hydrogen) atoms. The lowest BCUT2D eigenvalue weighted by Gasteiger charge is -2.33. The van der Waals surface area contributed by atoms with Gasteiger partial charge in [0.05, 0.1) is 12.7 Å². The first-order chi connectivity index (χ1) is 17.5. The topological polar surface area (TPSA) is 91.8 Å². The second-order valence-corrected chi connectivity index (χ2v) is 10.1. The third-order valence-corrected chi connectivity index (χ3v) is 7.70. The number of rotatable bonds is 8. The van der Waals surface area contributed by atoms with Gasteiger partial charge in [0.15, 0.2) is 5.78 Å². The zero-order chi connectivity index (χ0) is 27.0. The summed E-state index contributed by atoms with van der Waals surface area (Å²) in [5.41, 5.74) is -3.89. The number of alkyl halides is 3. The van der Waals surface area contributed by atoms with Crippen LogP contribution in [0.2, 0.25) is 5.15 Å². The number of carbonyl (C=O) groups excluding carboxylic acids is 2. The number of ether oxygens (including phenoxy) is 1. The van der Waals surface area contributed by atoms with E-state index in [9.17, 15) is 27.9 Å². The third-order valence-electron chi connectivity index (χ3n) is 7.41. The van der Waals surface area contributed by atoms with Gasteiger partial charge in [-0.3, -0.25) is 9.59 Å².